The molecule has 0 saturated carbocycles. The lowest BCUT2D eigenvalue weighted by Crippen LogP contribution is -2.32. The van der Waals surface area contributed by atoms with Gasteiger partial charge in [-0.15, -0.1) is 0 Å². The molecule has 0 amide bonds. The summed E-state index contributed by atoms with van der Waals surface area (Å²) in [6.45, 7) is 4.35. The number of hydrogen-bond donors (Lipinski definition) is 2. The zero-order chi connectivity index (χ0) is 12.2. The number of carbonyl (C=O) groups excluding carboxylic acids is 1. The lowest BCUT2D eigenvalue weighted by Gasteiger charge is -2.21. The summed E-state index contributed by atoms with van der Waals surface area (Å²) in [6.07, 6.45) is 0. The van der Waals surface area contributed by atoms with Crippen molar-refractivity contribution in [2.24, 2.45) is 0 Å². The van der Waals surface area contributed by atoms with Crippen molar-refractivity contribution in [3.05, 3.63) is 48.0 Å². The first-order chi connectivity index (χ1) is 7.43. The van der Waals surface area contributed by atoms with Crippen molar-refractivity contribution in [1.82, 2.24) is 0 Å². The summed E-state index contributed by atoms with van der Waals surface area (Å²) >= 11 is 0. The largest absolute Gasteiger partial charge is 0.456 e. The zero-order valence-electron chi connectivity index (χ0n) is 9.01. The van der Waals surface area contributed by atoms with Gasteiger partial charge < -0.3 is 14.9 Å². The Labute approximate surface area is 93.8 Å². The molecule has 0 aliphatic carbocycles. The molecule has 0 spiro atoms. The summed E-state index contributed by atoms with van der Waals surface area (Å²) < 4.78 is 4.68. The van der Waals surface area contributed by atoms with Gasteiger partial charge in [0.15, 0.2) is 0 Å². The molecule has 0 saturated heterocycles. The highest BCUT2D eigenvalue weighted by Crippen LogP contribution is 2.18. The number of carbonyl (C=O) groups is 1. The van der Waals surface area contributed by atoms with E-state index < -0.39 is 18.4 Å². The van der Waals surface area contributed by atoms with E-state index in [4.69, 9.17) is 0 Å². The van der Waals surface area contributed by atoms with E-state index in [1.165, 1.54) is 19.1 Å². The third-order valence-corrected chi connectivity index (χ3v) is 1.99. The molecule has 0 aliphatic rings. The Hall–Kier alpha value is -1.65. The molecular weight excluding hydrogens is 208 g/mol. The molecule has 0 aliphatic heterocycles. The van der Waals surface area contributed by atoms with E-state index in [-0.39, 0.29) is 11.1 Å². The average molecular weight is 222 g/mol. The minimum Gasteiger partial charge on any atom is -0.456 e. The van der Waals surface area contributed by atoms with E-state index in [9.17, 15) is 15.0 Å². The standard InChI is InChI=1S/C12H14O4/c1-9(2)11(13)16-8-12(14,15)10-6-4-3-5-7-10/h3-7,14-15H,1,8H2,2H3. The highest BCUT2D eigenvalue weighted by Gasteiger charge is 2.27. The molecule has 0 bridgehead atoms. The van der Waals surface area contributed by atoms with Gasteiger partial charge in [0.25, 0.3) is 0 Å². The second kappa shape index (κ2) is 4.92. The van der Waals surface area contributed by atoms with Crippen LogP contribution in [0.25, 0.3) is 0 Å². The normalized spacial score (nSPS) is 10.9. The first-order valence-corrected chi connectivity index (χ1v) is 4.76. The topological polar surface area (TPSA) is 66.8 Å². The predicted octanol–water partition coefficient (Wildman–Crippen LogP) is 0.943. The Morgan fingerprint density at radius 2 is 1.94 bits per heavy atom. The minimum absolute atomic E-state index is 0.212. The molecule has 0 radical (unpaired) electrons. The van der Waals surface area contributed by atoms with Crippen LogP contribution in [-0.2, 0) is 15.3 Å². The Morgan fingerprint density at radius 3 is 2.44 bits per heavy atom. The number of hydrogen-bond acceptors (Lipinski definition) is 4. The van der Waals surface area contributed by atoms with Crippen LogP contribution in [0.5, 0.6) is 0 Å². The van der Waals surface area contributed by atoms with Crippen LogP contribution >= 0.6 is 0 Å². The fraction of sp³-hybridized carbons (Fsp3) is 0.250. The van der Waals surface area contributed by atoms with Crippen molar-refractivity contribution >= 4 is 5.97 Å². The third kappa shape index (κ3) is 3.18. The maximum Gasteiger partial charge on any atom is 0.333 e. The third-order valence-electron chi connectivity index (χ3n) is 1.99. The first-order valence-electron chi connectivity index (χ1n) is 4.76. The second-order valence-electron chi connectivity index (χ2n) is 3.54. The number of benzene rings is 1. The lowest BCUT2D eigenvalue weighted by atomic mass is 10.1. The van der Waals surface area contributed by atoms with Gasteiger partial charge in [-0.1, -0.05) is 36.9 Å². The predicted molar refractivity (Wildman–Crippen MR) is 58.3 cm³/mol. The molecular formula is C12H14O4. The van der Waals surface area contributed by atoms with Gasteiger partial charge in [0, 0.05) is 11.1 Å². The quantitative estimate of drug-likeness (QED) is 0.452. The van der Waals surface area contributed by atoms with E-state index in [2.05, 4.69) is 11.3 Å². The lowest BCUT2D eigenvalue weighted by molar-refractivity contribution is -0.207. The summed E-state index contributed by atoms with van der Waals surface area (Å²) in [6, 6.07) is 8.15. The number of rotatable bonds is 4. The van der Waals surface area contributed by atoms with Gasteiger partial charge in [-0.3, -0.25) is 0 Å². The van der Waals surface area contributed by atoms with Crippen molar-refractivity contribution in [3.8, 4) is 0 Å². The Kier molecular flexibility index (Phi) is 3.82. The molecule has 0 unspecified atom stereocenters. The molecule has 4 heteroatoms. The maximum atomic E-state index is 11.1. The molecule has 0 atom stereocenters. The zero-order valence-corrected chi connectivity index (χ0v) is 9.01. The molecule has 0 heterocycles. The van der Waals surface area contributed by atoms with Gasteiger partial charge in [0.2, 0.25) is 5.79 Å². The SMILES string of the molecule is C=C(C)C(=O)OCC(O)(O)c1ccccc1. The van der Waals surface area contributed by atoms with Crippen molar-refractivity contribution in [2.75, 3.05) is 6.61 Å². The van der Waals surface area contributed by atoms with E-state index in [1.807, 2.05) is 0 Å². The molecule has 1 rings (SSSR count). The van der Waals surface area contributed by atoms with Gasteiger partial charge in [0.05, 0.1) is 0 Å². The minimum atomic E-state index is -2.17. The molecule has 1 aromatic rings. The van der Waals surface area contributed by atoms with E-state index in [1.54, 1.807) is 18.2 Å². The molecule has 16 heavy (non-hydrogen) atoms. The van der Waals surface area contributed by atoms with E-state index >= 15 is 0 Å². The summed E-state index contributed by atoms with van der Waals surface area (Å²) in [5.74, 6) is -2.82. The number of esters is 1. The Balaban J connectivity index is 2.66. The van der Waals surface area contributed by atoms with Crippen molar-refractivity contribution in [2.45, 2.75) is 12.7 Å². The van der Waals surface area contributed by atoms with E-state index in [0.717, 1.165) is 0 Å². The van der Waals surface area contributed by atoms with Crippen LogP contribution in [0.3, 0.4) is 0 Å². The van der Waals surface area contributed by atoms with Crippen molar-refractivity contribution in [1.29, 1.82) is 0 Å². The first kappa shape index (κ1) is 12.4. The smallest absolute Gasteiger partial charge is 0.333 e. The fourth-order valence-corrected chi connectivity index (χ4v) is 1.08. The Bertz CT molecular complexity index is 381. The number of ether oxygens (including phenoxy) is 1. The van der Waals surface area contributed by atoms with Gasteiger partial charge >= 0.3 is 5.97 Å². The average Bonchev–Trinajstić information content (AvgIpc) is 2.27. The van der Waals surface area contributed by atoms with Gasteiger partial charge in [0.1, 0.15) is 6.61 Å². The summed E-state index contributed by atoms with van der Waals surface area (Å²) in [5.41, 5.74) is 0.480. The summed E-state index contributed by atoms with van der Waals surface area (Å²) in [5, 5.41) is 19.3. The van der Waals surface area contributed by atoms with Crippen LogP contribution in [0.4, 0.5) is 0 Å². The van der Waals surface area contributed by atoms with Gasteiger partial charge in [-0.25, -0.2) is 4.79 Å². The van der Waals surface area contributed by atoms with Crippen LogP contribution in [-0.4, -0.2) is 22.8 Å². The highest BCUT2D eigenvalue weighted by molar-refractivity contribution is 5.86. The molecule has 4 nitrogen and oxygen atoms in total. The molecule has 86 valence electrons. The Morgan fingerprint density at radius 1 is 1.38 bits per heavy atom. The van der Waals surface area contributed by atoms with Crippen molar-refractivity contribution < 1.29 is 19.7 Å². The van der Waals surface area contributed by atoms with Crippen LogP contribution in [0, 0.1) is 0 Å². The molecule has 0 aromatic heterocycles. The van der Waals surface area contributed by atoms with Gasteiger partial charge in [-0.2, -0.15) is 0 Å². The van der Waals surface area contributed by atoms with Crippen molar-refractivity contribution in [3.63, 3.8) is 0 Å². The highest BCUT2D eigenvalue weighted by atomic mass is 16.6. The van der Waals surface area contributed by atoms with Crippen LogP contribution in [0.15, 0.2) is 42.5 Å². The number of aliphatic hydroxyl groups is 2. The monoisotopic (exact) mass is 222 g/mol. The van der Waals surface area contributed by atoms with E-state index in [0.29, 0.717) is 0 Å². The summed E-state index contributed by atoms with van der Waals surface area (Å²) in [4.78, 5) is 11.1. The molecule has 0 fully saturated rings. The summed E-state index contributed by atoms with van der Waals surface area (Å²) in [7, 11) is 0. The maximum absolute atomic E-state index is 11.1. The van der Waals surface area contributed by atoms with Crippen LogP contribution in [0.1, 0.15) is 12.5 Å². The van der Waals surface area contributed by atoms with Crippen LogP contribution < -0.4 is 0 Å². The van der Waals surface area contributed by atoms with Crippen LogP contribution in [0.2, 0.25) is 0 Å². The van der Waals surface area contributed by atoms with Gasteiger partial charge in [-0.05, 0) is 6.92 Å². The molecule has 2 N–H and O–H groups in total. The fourth-order valence-electron chi connectivity index (χ4n) is 1.08. The second-order valence-corrected chi connectivity index (χ2v) is 3.54. The molecule has 1 aromatic carbocycles.